The van der Waals surface area contributed by atoms with Crippen LogP contribution >= 0.6 is 11.8 Å². The van der Waals surface area contributed by atoms with Crippen molar-refractivity contribution in [3.63, 3.8) is 0 Å². The largest absolute Gasteiger partial charge is 0.301 e. The molecule has 3 heterocycles. The number of hydrogen-bond donors (Lipinski definition) is 0. The van der Waals surface area contributed by atoms with Crippen LogP contribution in [0.2, 0.25) is 0 Å². The molecule has 4 atom stereocenters. The molecule has 3 aliphatic heterocycles. The van der Waals surface area contributed by atoms with Crippen molar-refractivity contribution in [3.05, 3.63) is 133 Å². The van der Waals surface area contributed by atoms with Crippen LogP contribution in [0, 0.1) is 25.6 Å². The van der Waals surface area contributed by atoms with Gasteiger partial charge in [-0.3, -0.25) is 34.7 Å². The summed E-state index contributed by atoms with van der Waals surface area (Å²) in [6.45, 7) is 0.533. The zero-order valence-corrected chi connectivity index (χ0v) is 25.6. The fourth-order valence-electron chi connectivity index (χ4n) is 8.87. The Morgan fingerprint density at radius 2 is 1.59 bits per heavy atom. The van der Waals surface area contributed by atoms with Gasteiger partial charge in [-0.25, -0.2) is 0 Å². The third-order valence-electron chi connectivity index (χ3n) is 10.3. The molecule has 0 radical (unpaired) electrons. The number of likely N-dealkylation sites (tertiary alicyclic amines) is 1. The number of nitrogens with zero attached hydrogens (tertiary/aromatic N) is 4. The summed E-state index contributed by atoms with van der Waals surface area (Å²) in [6.07, 6.45) is 1.70. The van der Waals surface area contributed by atoms with E-state index in [1.165, 1.54) is 18.2 Å². The van der Waals surface area contributed by atoms with Crippen molar-refractivity contribution in [1.29, 1.82) is 0 Å². The quantitative estimate of drug-likeness (QED) is 0.156. The van der Waals surface area contributed by atoms with E-state index in [4.69, 9.17) is 0 Å². The number of likely N-dealkylation sites (N-methyl/N-ethyl adjacent to an activating group) is 1. The van der Waals surface area contributed by atoms with Gasteiger partial charge in [0.15, 0.2) is 11.6 Å². The standard InChI is InChI=1S/C35H28N4O6S/c1-36-17-24(14-21-6-2-10-25(15-21)38(42)43)32(40)34(19-36)31(23-9-3-11-26(16-23)39(44)45)29-18-46-20-37(29)35(34)28-13-5-8-22-7-4-12-27(30(22)28)33(35)41/h2-16,29,31H,17-20H2,1H3/b24-14+/t29-,31-,34?,35-/m0/s1. The minimum atomic E-state index is -1.37. The van der Waals surface area contributed by atoms with Crippen molar-refractivity contribution < 1.29 is 19.4 Å². The third kappa shape index (κ3) is 3.67. The van der Waals surface area contributed by atoms with Crippen LogP contribution in [-0.2, 0) is 10.3 Å². The van der Waals surface area contributed by atoms with E-state index in [2.05, 4.69) is 4.90 Å². The summed E-state index contributed by atoms with van der Waals surface area (Å²) < 4.78 is 0. The second-order valence-electron chi connectivity index (χ2n) is 12.6. The molecule has 3 fully saturated rings. The maximum absolute atomic E-state index is 15.6. The predicted octanol–water partition coefficient (Wildman–Crippen LogP) is 5.80. The Morgan fingerprint density at radius 1 is 0.891 bits per heavy atom. The SMILES string of the molecule is CN1C/C(=C\c2cccc([N+](=O)[O-])c2)C(=O)C2(C1)[C@@H](c1cccc([N+](=O)[O-])c1)[C@@H]1CSCN1[C@@]21C(=O)c2cccc3cccc1c23. The average Bonchev–Trinajstić information content (AvgIpc) is 3.68. The highest BCUT2D eigenvalue weighted by Crippen LogP contribution is 2.69. The second-order valence-corrected chi connectivity index (χ2v) is 13.6. The van der Waals surface area contributed by atoms with Crippen LogP contribution < -0.4 is 0 Å². The van der Waals surface area contributed by atoms with Gasteiger partial charge in [-0.05, 0) is 40.6 Å². The third-order valence-corrected chi connectivity index (χ3v) is 11.3. The number of carbonyl (C=O) groups is 2. The minimum Gasteiger partial charge on any atom is -0.301 e. The molecule has 0 saturated carbocycles. The Labute approximate surface area is 268 Å². The second kappa shape index (κ2) is 10.1. The van der Waals surface area contributed by atoms with E-state index >= 15 is 9.59 Å². The van der Waals surface area contributed by atoms with E-state index in [1.807, 2.05) is 54.4 Å². The van der Waals surface area contributed by atoms with E-state index in [0.717, 1.165) is 16.3 Å². The van der Waals surface area contributed by atoms with E-state index < -0.39 is 26.7 Å². The predicted molar refractivity (Wildman–Crippen MR) is 175 cm³/mol. The Morgan fingerprint density at radius 3 is 2.35 bits per heavy atom. The highest BCUT2D eigenvalue weighted by molar-refractivity contribution is 7.99. The molecule has 0 aromatic heterocycles. The topological polar surface area (TPSA) is 127 Å². The summed E-state index contributed by atoms with van der Waals surface area (Å²) in [5.41, 5.74) is 0.0896. The molecular formula is C35H28N4O6S. The summed E-state index contributed by atoms with van der Waals surface area (Å²) in [6, 6.07) is 24.0. The number of Topliss-reactive ketones (excluding diaryl/α,β-unsaturated/α-hetero) is 2. The highest BCUT2D eigenvalue weighted by Gasteiger charge is 2.78. The number of benzene rings is 4. The van der Waals surface area contributed by atoms with Gasteiger partial charge in [-0.2, -0.15) is 0 Å². The summed E-state index contributed by atoms with van der Waals surface area (Å²) >= 11 is 1.70. The zero-order valence-electron chi connectivity index (χ0n) is 24.8. The molecule has 4 aliphatic rings. The average molecular weight is 633 g/mol. The van der Waals surface area contributed by atoms with Gasteiger partial charge in [0.05, 0.1) is 15.3 Å². The van der Waals surface area contributed by atoms with Gasteiger partial charge >= 0.3 is 0 Å². The van der Waals surface area contributed by atoms with Crippen LogP contribution in [-0.4, -0.2) is 69.0 Å². The Bertz CT molecular complexity index is 2060. The molecule has 230 valence electrons. The van der Waals surface area contributed by atoms with Crippen LogP contribution in [0.4, 0.5) is 11.4 Å². The maximum Gasteiger partial charge on any atom is 0.270 e. The molecule has 0 N–H and O–H groups in total. The van der Waals surface area contributed by atoms with Crippen molar-refractivity contribution in [2.45, 2.75) is 17.5 Å². The number of non-ortho nitro benzene ring substituents is 2. The van der Waals surface area contributed by atoms with Crippen molar-refractivity contribution in [3.8, 4) is 0 Å². The smallest absolute Gasteiger partial charge is 0.270 e. The molecule has 0 amide bonds. The molecule has 46 heavy (non-hydrogen) atoms. The highest BCUT2D eigenvalue weighted by atomic mass is 32.2. The molecule has 4 aromatic carbocycles. The number of piperidine rings is 1. The van der Waals surface area contributed by atoms with Crippen molar-refractivity contribution in [1.82, 2.24) is 9.80 Å². The minimum absolute atomic E-state index is 0.0714. The molecule has 4 aromatic rings. The van der Waals surface area contributed by atoms with Gasteiger partial charge in [0.1, 0.15) is 5.54 Å². The summed E-state index contributed by atoms with van der Waals surface area (Å²) in [4.78, 5) is 57.8. The van der Waals surface area contributed by atoms with Gasteiger partial charge in [0, 0.05) is 72.1 Å². The lowest BCUT2D eigenvalue weighted by atomic mass is 9.55. The first kappa shape index (κ1) is 28.7. The van der Waals surface area contributed by atoms with Gasteiger partial charge < -0.3 is 4.90 Å². The number of rotatable bonds is 4. The van der Waals surface area contributed by atoms with Gasteiger partial charge in [0.2, 0.25) is 0 Å². The van der Waals surface area contributed by atoms with Gasteiger partial charge in [-0.15, -0.1) is 11.8 Å². The lowest BCUT2D eigenvalue weighted by Crippen LogP contribution is -2.65. The van der Waals surface area contributed by atoms with Crippen molar-refractivity contribution in [2.75, 3.05) is 31.8 Å². The molecule has 11 heteroatoms. The first-order chi connectivity index (χ1) is 22.2. The Hall–Kier alpha value is -4.71. The van der Waals surface area contributed by atoms with Gasteiger partial charge in [0.25, 0.3) is 11.4 Å². The number of ketones is 2. The molecule has 10 nitrogen and oxygen atoms in total. The van der Waals surface area contributed by atoms with E-state index in [9.17, 15) is 20.2 Å². The van der Waals surface area contributed by atoms with Crippen LogP contribution in [0.15, 0.2) is 90.5 Å². The van der Waals surface area contributed by atoms with Crippen molar-refractivity contribution >= 4 is 51.6 Å². The number of carbonyl (C=O) groups excluding carboxylic acids is 2. The van der Waals surface area contributed by atoms with Crippen LogP contribution in [0.3, 0.4) is 0 Å². The first-order valence-corrected chi connectivity index (χ1v) is 16.2. The first-order valence-electron chi connectivity index (χ1n) is 15.0. The van der Waals surface area contributed by atoms with Crippen LogP contribution in [0.25, 0.3) is 16.8 Å². The van der Waals surface area contributed by atoms with E-state index in [-0.39, 0.29) is 42.1 Å². The zero-order chi connectivity index (χ0) is 32.0. The Balaban J connectivity index is 1.44. The van der Waals surface area contributed by atoms with Crippen LogP contribution in [0.1, 0.15) is 33.0 Å². The summed E-state index contributed by atoms with van der Waals surface area (Å²) in [5, 5.41) is 25.3. The lowest BCUT2D eigenvalue weighted by Gasteiger charge is -2.51. The van der Waals surface area contributed by atoms with E-state index in [0.29, 0.717) is 33.9 Å². The molecule has 2 spiro atoms. The monoisotopic (exact) mass is 632 g/mol. The number of nitro groups is 2. The summed E-state index contributed by atoms with van der Waals surface area (Å²) in [5.74, 6) is 0.288. The fraction of sp³-hybridized carbons (Fsp3) is 0.257. The molecule has 1 aliphatic carbocycles. The number of nitro benzene ring substituents is 2. The van der Waals surface area contributed by atoms with E-state index in [1.54, 1.807) is 42.1 Å². The molecule has 1 unspecified atom stereocenters. The number of fused-ring (bicyclic) bond motifs is 4. The lowest BCUT2D eigenvalue weighted by molar-refractivity contribution is -0.385. The Kier molecular flexibility index (Phi) is 6.34. The van der Waals surface area contributed by atoms with Crippen LogP contribution in [0.5, 0.6) is 0 Å². The molecular weight excluding hydrogens is 604 g/mol. The normalized spacial score (nSPS) is 28.2. The fourth-order valence-corrected chi connectivity index (χ4v) is 10.2. The maximum atomic E-state index is 15.6. The molecule has 0 bridgehead atoms. The van der Waals surface area contributed by atoms with Gasteiger partial charge in [-0.1, -0.05) is 60.7 Å². The summed E-state index contributed by atoms with van der Waals surface area (Å²) in [7, 11) is 1.92. The molecule has 8 rings (SSSR count). The number of thioether (sulfide) groups is 1. The van der Waals surface area contributed by atoms with Crippen molar-refractivity contribution in [2.24, 2.45) is 5.41 Å². The molecule has 3 saturated heterocycles. The number of hydrogen-bond acceptors (Lipinski definition) is 9.